The van der Waals surface area contributed by atoms with Gasteiger partial charge in [-0.1, -0.05) is 46.3 Å². The molecular weight excluding hydrogens is 336 g/mol. The third-order valence-electron chi connectivity index (χ3n) is 3.22. The molecule has 0 saturated heterocycles. The Balaban J connectivity index is 2.17. The van der Waals surface area contributed by atoms with Crippen molar-refractivity contribution in [3.05, 3.63) is 69.2 Å². The Bertz CT molecular complexity index is 545. The molecule has 0 fully saturated rings. The fraction of sp³-hybridized carbons (Fsp3) is 0.294. The van der Waals surface area contributed by atoms with Crippen molar-refractivity contribution in [2.45, 2.75) is 18.7 Å². The molecule has 1 atom stereocenters. The van der Waals surface area contributed by atoms with E-state index in [1.54, 1.807) is 7.11 Å². The topological polar surface area (TPSA) is 9.23 Å². The van der Waals surface area contributed by atoms with Crippen LogP contribution in [0, 0.1) is 6.92 Å². The van der Waals surface area contributed by atoms with Gasteiger partial charge in [-0.25, -0.2) is 0 Å². The number of ether oxygens (including phenoxy) is 1. The predicted octanol–water partition coefficient (Wildman–Crippen LogP) is 5.27. The molecule has 106 valence electrons. The maximum atomic E-state index is 6.59. The molecule has 0 spiro atoms. The van der Waals surface area contributed by atoms with E-state index in [4.69, 9.17) is 16.3 Å². The third-order valence-corrected chi connectivity index (χ3v) is 4.19. The zero-order valence-corrected chi connectivity index (χ0v) is 14.0. The minimum absolute atomic E-state index is 0.123. The summed E-state index contributed by atoms with van der Waals surface area (Å²) < 4.78 is 6.15. The maximum absolute atomic E-state index is 6.59. The van der Waals surface area contributed by atoms with E-state index in [2.05, 4.69) is 65.3 Å². The van der Waals surface area contributed by atoms with Gasteiger partial charge in [0.25, 0.3) is 0 Å². The van der Waals surface area contributed by atoms with Crippen LogP contribution in [0.15, 0.2) is 46.9 Å². The Morgan fingerprint density at radius 3 is 2.40 bits per heavy atom. The van der Waals surface area contributed by atoms with Crippen molar-refractivity contribution >= 4 is 27.5 Å². The summed E-state index contributed by atoms with van der Waals surface area (Å²) in [5.41, 5.74) is 4.70. The number of rotatable bonds is 5. The second kappa shape index (κ2) is 7.26. The van der Waals surface area contributed by atoms with Crippen LogP contribution in [0.3, 0.4) is 0 Å². The van der Waals surface area contributed by atoms with Gasteiger partial charge in [-0.05, 0) is 47.7 Å². The molecule has 0 aliphatic rings. The van der Waals surface area contributed by atoms with Crippen molar-refractivity contribution < 1.29 is 4.74 Å². The van der Waals surface area contributed by atoms with Crippen molar-refractivity contribution in [2.75, 3.05) is 13.7 Å². The van der Waals surface area contributed by atoms with Crippen LogP contribution in [0.5, 0.6) is 0 Å². The standard InChI is InChI=1S/C17H18BrClO/c1-12-9-15(11-16(18)10-12)17(19)14-5-3-13(4-6-14)7-8-20-2/h3-6,9-11,17H,7-8H2,1-2H3. The van der Waals surface area contributed by atoms with Gasteiger partial charge in [-0.3, -0.25) is 0 Å². The number of alkyl halides is 1. The summed E-state index contributed by atoms with van der Waals surface area (Å²) in [5, 5.41) is -0.123. The summed E-state index contributed by atoms with van der Waals surface area (Å²) in [4.78, 5) is 0. The molecule has 0 aromatic heterocycles. The maximum Gasteiger partial charge on any atom is 0.0835 e. The summed E-state index contributed by atoms with van der Waals surface area (Å²) in [6.45, 7) is 2.82. The van der Waals surface area contributed by atoms with Gasteiger partial charge in [-0.15, -0.1) is 11.6 Å². The lowest BCUT2D eigenvalue weighted by atomic mass is 10.0. The molecule has 2 aromatic rings. The van der Waals surface area contributed by atoms with Crippen molar-refractivity contribution in [3.8, 4) is 0 Å². The number of methoxy groups -OCH3 is 1. The highest BCUT2D eigenvalue weighted by Crippen LogP contribution is 2.31. The van der Waals surface area contributed by atoms with E-state index < -0.39 is 0 Å². The number of aryl methyl sites for hydroxylation is 1. The quantitative estimate of drug-likeness (QED) is 0.665. The second-order valence-electron chi connectivity index (χ2n) is 4.91. The molecule has 1 nitrogen and oxygen atoms in total. The highest BCUT2D eigenvalue weighted by Gasteiger charge is 2.11. The Labute approximate surface area is 134 Å². The lowest BCUT2D eigenvalue weighted by Gasteiger charge is -2.12. The van der Waals surface area contributed by atoms with E-state index in [1.165, 1.54) is 11.1 Å². The first-order valence-corrected chi connectivity index (χ1v) is 7.82. The smallest absolute Gasteiger partial charge is 0.0835 e. The minimum atomic E-state index is -0.123. The molecule has 0 heterocycles. The molecule has 2 rings (SSSR count). The van der Waals surface area contributed by atoms with E-state index in [-0.39, 0.29) is 5.38 Å². The summed E-state index contributed by atoms with van der Waals surface area (Å²) in [6.07, 6.45) is 0.930. The molecule has 2 aromatic carbocycles. The molecule has 3 heteroatoms. The number of halogens is 2. The molecule has 0 aliphatic heterocycles. The average molecular weight is 354 g/mol. The Kier molecular flexibility index (Phi) is 5.64. The van der Waals surface area contributed by atoms with Crippen LogP contribution in [0.2, 0.25) is 0 Å². The summed E-state index contributed by atoms with van der Waals surface area (Å²) in [5.74, 6) is 0. The fourth-order valence-electron chi connectivity index (χ4n) is 2.18. The van der Waals surface area contributed by atoms with Gasteiger partial charge in [0, 0.05) is 11.6 Å². The molecule has 0 N–H and O–H groups in total. The Morgan fingerprint density at radius 2 is 1.80 bits per heavy atom. The summed E-state index contributed by atoms with van der Waals surface area (Å²) in [6, 6.07) is 14.7. The van der Waals surface area contributed by atoms with E-state index >= 15 is 0 Å². The van der Waals surface area contributed by atoms with Crippen LogP contribution in [-0.2, 0) is 11.2 Å². The van der Waals surface area contributed by atoms with Crippen molar-refractivity contribution in [1.82, 2.24) is 0 Å². The van der Waals surface area contributed by atoms with Gasteiger partial charge in [-0.2, -0.15) is 0 Å². The first kappa shape index (κ1) is 15.6. The van der Waals surface area contributed by atoms with Crippen LogP contribution in [0.4, 0.5) is 0 Å². The van der Waals surface area contributed by atoms with Crippen LogP contribution < -0.4 is 0 Å². The third kappa shape index (κ3) is 4.08. The molecular formula is C17H18BrClO. The number of hydrogen-bond donors (Lipinski definition) is 0. The molecule has 0 radical (unpaired) electrons. The largest absolute Gasteiger partial charge is 0.384 e. The van der Waals surface area contributed by atoms with E-state index in [1.807, 2.05) is 0 Å². The fourth-order valence-corrected chi connectivity index (χ4v) is 3.07. The van der Waals surface area contributed by atoms with Crippen molar-refractivity contribution in [1.29, 1.82) is 0 Å². The first-order valence-electron chi connectivity index (χ1n) is 6.59. The zero-order chi connectivity index (χ0) is 14.5. The SMILES string of the molecule is COCCc1ccc(C(Cl)c2cc(C)cc(Br)c2)cc1. The lowest BCUT2D eigenvalue weighted by molar-refractivity contribution is 0.202. The number of hydrogen-bond acceptors (Lipinski definition) is 1. The first-order chi connectivity index (χ1) is 9.60. The van der Waals surface area contributed by atoms with Gasteiger partial charge in [0.2, 0.25) is 0 Å². The van der Waals surface area contributed by atoms with Crippen LogP contribution in [0.1, 0.15) is 27.6 Å². The van der Waals surface area contributed by atoms with Gasteiger partial charge < -0.3 is 4.74 Å². The summed E-state index contributed by atoms with van der Waals surface area (Å²) in [7, 11) is 1.72. The molecule has 0 aliphatic carbocycles. The van der Waals surface area contributed by atoms with Crippen LogP contribution in [0.25, 0.3) is 0 Å². The van der Waals surface area contributed by atoms with Gasteiger partial charge in [0.05, 0.1) is 12.0 Å². The van der Waals surface area contributed by atoms with E-state index in [0.717, 1.165) is 28.6 Å². The van der Waals surface area contributed by atoms with Gasteiger partial charge in [0.1, 0.15) is 0 Å². The van der Waals surface area contributed by atoms with Crippen LogP contribution >= 0.6 is 27.5 Å². The van der Waals surface area contributed by atoms with E-state index in [0.29, 0.717) is 0 Å². The molecule has 0 amide bonds. The highest BCUT2D eigenvalue weighted by atomic mass is 79.9. The number of benzene rings is 2. The molecule has 0 bridgehead atoms. The van der Waals surface area contributed by atoms with Crippen molar-refractivity contribution in [2.24, 2.45) is 0 Å². The minimum Gasteiger partial charge on any atom is -0.384 e. The average Bonchev–Trinajstić information content (AvgIpc) is 2.44. The van der Waals surface area contributed by atoms with Gasteiger partial charge >= 0.3 is 0 Å². The lowest BCUT2D eigenvalue weighted by Crippen LogP contribution is -1.97. The highest BCUT2D eigenvalue weighted by molar-refractivity contribution is 9.10. The second-order valence-corrected chi connectivity index (χ2v) is 6.26. The molecule has 0 saturated carbocycles. The van der Waals surface area contributed by atoms with Crippen LogP contribution in [-0.4, -0.2) is 13.7 Å². The van der Waals surface area contributed by atoms with Gasteiger partial charge in [0.15, 0.2) is 0 Å². The van der Waals surface area contributed by atoms with Crippen molar-refractivity contribution in [3.63, 3.8) is 0 Å². The molecule has 1 unspecified atom stereocenters. The van der Waals surface area contributed by atoms with E-state index in [9.17, 15) is 0 Å². The Hall–Kier alpha value is -0.830. The predicted molar refractivity (Wildman–Crippen MR) is 88.6 cm³/mol. The monoisotopic (exact) mass is 352 g/mol. The summed E-state index contributed by atoms with van der Waals surface area (Å²) >= 11 is 10.1. The zero-order valence-electron chi connectivity index (χ0n) is 11.7. The normalized spacial score (nSPS) is 12.4. The molecule has 20 heavy (non-hydrogen) atoms. The Morgan fingerprint density at radius 1 is 1.10 bits per heavy atom.